The zero-order chi connectivity index (χ0) is 40.8. The van der Waals surface area contributed by atoms with E-state index in [0.717, 1.165) is 76.2 Å². The molecule has 0 radical (unpaired) electrons. The molecule has 5 aliphatic heterocycles. The van der Waals surface area contributed by atoms with Crippen molar-refractivity contribution in [3.8, 4) is 6.07 Å². The Balaban J connectivity index is 0.685. The van der Waals surface area contributed by atoms with Crippen molar-refractivity contribution < 1.29 is 14.3 Å². The number of rotatable bonds is 8. The van der Waals surface area contributed by atoms with Crippen molar-refractivity contribution in [1.29, 1.82) is 5.26 Å². The molecule has 0 bridgehead atoms. The summed E-state index contributed by atoms with van der Waals surface area (Å²) in [5.41, 5.74) is 9.23. The Kier molecular flexibility index (Phi) is 13.4. The molecular weight excluding hydrogens is 757 g/mol. The molecule has 59 heavy (non-hydrogen) atoms. The van der Waals surface area contributed by atoms with Crippen molar-refractivity contribution >= 4 is 23.4 Å². The van der Waals surface area contributed by atoms with Crippen LogP contribution >= 0.6 is 11.8 Å². The second kappa shape index (κ2) is 18.4. The van der Waals surface area contributed by atoms with E-state index in [1.165, 1.54) is 70.9 Å². The van der Waals surface area contributed by atoms with E-state index in [0.29, 0.717) is 46.1 Å². The van der Waals surface area contributed by atoms with Gasteiger partial charge in [0.2, 0.25) is 5.91 Å². The molecule has 4 saturated carbocycles. The van der Waals surface area contributed by atoms with Gasteiger partial charge >= 0.3 is 0 Å². The van der Waals surface area contributed by atoms with E-state index in [-0.39, 0.29) is 54.3 Å². The second-order valence-corrected chi connectivity index (χ2v) is 22.7. The van der Waals surface area contributed by atoms with Crippen LogP contribution in [0.25, 0.3) is 0 Å². The summed E-state index contributed by atoms with van der Waals surface area (Å²) in [4.78, 5) is 24.5. The van der Waals surface area contributed by atoms with Crippen LogP contribution in [0.4, 0.5) is 0 Å². The number of amides is 1. The molecule has 1 spiro atoms. The van der Waals surface area contributed by atoms with Crippen LogP contribution in [0.5, 0.6) is 0 Å². The lowest BCUT2D eigenvalue weighted by atomic mass is 9.63. The standard InChI is InChI=1S/C47H78N8O3S/c1-28-30(3)59-46-42(28)43(50-29(2)44-53-52-31(4)55(44)46)34-8-6-32(7-9-34)33-18-20-47(21-19-33)22-23-54(27-47)41-17-11-36(26-49-41)45(56)51-37-12-15-38(16-13-37)58-39-14-10-35(25-48)40(24-39)57-5/h28-42,44,46,49,52-53H,6-24,26-27H2,1-5H3,(H,51,56)/t28?,29-,30?,31?,32?,33?,34?,35?,36?,37?,38?,39?,40?,41?,42?,44?,46?,47?/m0/s1. The molecule has 0 aromatic rings. The number of ether oxygens (including phenoxy) is 2. The highest BCUT2D eigenvalue weighted by Crippen LogP contribution is 2.53. The van der Waals surface area contributed by atoms with Gasteiger partial charge in [-0.15, -0.1) is 11.8 Å². The van der Waals surface area contributed by atoms with E-state index < -0.39 is 0 Å². The molecule has 4 aliphatic carbocycles. The summed E-state index contributed by atoms with van der Waals surface area (Å²) in [6.07, 6.45) is 22.6. The zero-order valence-electron chi connectivity index (χ0n) is 37.1. The number of aliphatic imine (C=N–C) groups is 1. The highest BCUT2D eigenvalue weighted by atomic mass is 32.2. The minimum atomic E-state index is -0.0188. The number of piperidine rings is 1. The van der Waals surface area contributed by atoms with Gasteiger partial charge in [-0.1, -0.05) is 13.8 Å². The molecule has 4 saturated heterocycles. The number of thioether (sulfide) groups is 1. The van der Waals surface area contributed by atoms with E-state index in [1.54, 1.807) is 12.8 Å². The van der Waals surface area contributed by atoms with Gasteiger partial charge in [-0.05, 0) is 152 Å². The molecular formula is C47H78N8O3S. The predicted octanol–water partition coefficient (Wildman–Crippen LogP) is 6.79. The number of methoxy groups -OCH3 is 1. The molecule has 0 aromatic carbocycles. The molecule has 4 N–H and O–H groups in total. The number of nitriles is 1. The predicted molar refractivity (Wildman–Crippen MR) is 235 cm³/mol. The molecule has 11 nitrogen and oxygen atoms in total. The summed E-state index contributed by atoms with van der Waals surface area (Å²) >= 11 is 2.20. The van der Waals surface area contributed by atoms with Crippen molar-refractivity contribution in [3.05, 3.63) is 0 Å². The van der Waals surface area contributed by atoms with Crippen LogP contribution in [0.3, 0.4) is 0 Å². The fraction of sp³-hybridized carbons (Fsp3) is 0.936. The fourth-order valence-corrected chi connectivity index (χ4v) is 15.8. The Labute approximate surface area is 360 Å². The van der Waals surface area contributed by atoms with Crippen molar-refractivity contribution in [3.63, 3.8) is 0 Å². The molecule has 12 heteroatoms. The Morgan fingerprint density at radius 2 is 1.64 bits per heavy atom. The van der Waals surface area contributed by atoms with Crippen LogP contribution in [-0.4, -0.2) is 108 Å². The molecule has 5 heterocycles. The molecule has 330 valence electrons. The molecule has 0 aromatic heterocycles. The average Bonchev–Trinajstić information content (AvgIpc) is 3.92. The van der Waals surface area contributed by atoms with E-state index in [9.17, 15) is 10.1 Å². The molecule has 9 aliphatic rings. The van der Waals surface area contributed by atoms with Crippen LogP contribution in [0.15, 0.2) is 4.99 Å². The Hall–Kier alpha value is -1.30. The van der Waals surface area contributed by atoms with E-state index in [4.69, 9.17) is 14.5 Å². The molecule has 9 rings (SSSR count). The highest BCUT2D eigenvalue weighted by molar-refractivity contribution is 8.00. The van der Waals surface area contributed by atoms with Gasteiger partial charge in [0.1, 0.15) is 0 Å². The minimum Gasteiger partial charge on any atom is -0.380 e. The van der Waals surface area contributed by atoms with E-state index in [2.05, 4.69) is 76.8 Å². The number of nitrogens with one attached hydrogen (secondary N) is 4. The first-order chi connectivity index (χ1) is 28.6. The van der Waals surface area contributed by atoms with Gasteiger partial charge in [0.05, 0.1) is 66.1 Å². The SMILES string of the molecule is COC1CC(OC2CCC(NC(=O)C3CCC(N4CCC5(CCC(C6CCC(C7=N[C@@H](C)C8NNC(C)N8C8SC(C)C(C)C78)CC6)CC5)C4)NC3)CC2)CCC1C#N. The first kappa shape index (κ1) is 43.0. The summed E-state index contributed by atoms with van der Waals surface area (Å²) in [5.74, 6) is 4.03. The maximum Gasteiger partial charge on any atom is 0.224 e. The highest BCUT2D eigenvalue weighted by Gasteiger charge is 2.54. The van der Waals surface area contributed by atoms with Crippen LogP contribution in [0.1, 0.15) is 143 Å². The van der Waals surface area contributed by atoms with Gasteiger partial charge < -0.3 is 20.1 Å². The monoisotopic (exact) mass is 835 g/mol. The minimum absolute atomic E-state index is 0.0159. The topological polar surface area (TPSA) is 126 Å². The maximum absolute atomic E-state index is 13.4. The van der Waals surface area contributed by atoms with Gasteiger partial charge in [0.25, 0.3) is 0 Å². The van der Waals surface area contributed by atoms with Crippen LogP contribution in [0.2, 0.25) is 0 Å². The Morgan fingerprint density at radius 1 is 0.898 bits per heavy atom. The summed E-state index contributed by atoms with van der Waals surface area (Å²) in [6, 6.07) is 2.94. The lowest BCUT2D eigenvalue weighted by Gasteiger charge is -2.43. The third-order valence-corrected chi connectivity index (χ3v) is 19.5. The molecule has 11 unspecified atom stereocenters. The quantitative estimate of drug-likeness (QED) is 0.208. The smallest absolute Gasteiger partial charge is 0.224 e. The number of fused-ring (bicyclic) bond motifs is 3. The van der Waals surface area contributed by atoms with Gasteiger partial charge in [-0.2, -0.15) is 5.26 Å². The number of likely N-dealkylation sites (tertiary alicyclic amines) is 1. The van der Waals surface area contributed by atoms with E-state index in [1.807, 2.05) is 0 Å². The van der Waals surface area contributed by atoms with Crippen LogP contribution in [-0.2, 0) is 14.3 Å². The average molecular weight is 835 g/mol. The number of carbonyl (C=O) groups is 1. The summed E-state index contributed by atoms with van der Waals surface area (Å²) in [7, 11) is 1.71. The van der Waals surface area contributed by atoms with Gasteiger partial charge in [0.15, 0.2) is 0 Å². The van der Waals surface area contributed by atoms with Crippen molar-refractivity contribution in [1.82, 2.24) is 31.3 Å². The summed E-state index contributed by atoms with van der Waals surface area (Å²) < 4.78 is 12.1. The van der Waals surface area contributed by atoms with Gasteiger partial charge in [-0.3, -0.25) is 19.6 Å². The number of carbonyl (C=O) groups excluding carboxylic acids is 1. The normalized spacial score (nSPS) is 48.5. The van der Waals surface area contributed by atoms with Crippen molar-refractivity contribution in [2.45, 2.75) is 203 Å². The number of hydrogen-bond donors (Lipinski definition) is 4. The summed E-state index contributed by atoms with van der Waals surface area (Å²) in [6.45, 7) is 12.9. The fourth-order valence-electron chi connectivity index (χ4n) is 14.0. The van der Waals surface area contributed by atoms with Crippen molar-refractivity contribution in [2.24, 2.45) is 51.8 Å². The lowest BCUT2D eigenvalue weighted by molar-refractivity contribution is -0.127. The molecule has 8 fully saturated rings. The van der Waals surface area contributed by atoms with Gasteiger partial charge in [-0.25, -0.2) is 10.9 Å². The number of hydrazine groups is 1. The number of nitrogens with zero attached hydrogens (tertiary/aromatic N) is 4. The van der Waals surface area contributed by atoms with Crippen LogP contribution < -0.4 is 21.5 Å². The first-order valence-electron chi connectivity index (χ1n) is 24.5. The van der Waals surface area contributed by atoms with E-state index >= 15 is 0 Å². The molecule has 1 amide bonds. The third kappa shape index (κ3) is 8.95. The maximum atomic E-state index is 13.4. The summed E-state index contributed by atoms with van der Waals surface area (Å²) in [5, 5.41) is 17.9. The van der Waals surface area contributed by atoms with Crippen LogP contribution in [0, 0.1) is 58.2 Å². The molecule has 12 atom stereocenters. The second-order valence-electron chi connectivity index (χ2n) is 21.2. The third-order valence-electron chi connectivity index (χ3n) is 17.9. The van der Waals surface area contributed by atoms with Crippen molar-refractivity contribution in [2.75, 3.05) is 26.7 Å². The Bertz CT molecular complexity index is 1510. The number of hydrogen-bond acceptors (Lipinski definition) is 11. The zero-order valence-corrected chi connectivity index (χ0v) is 37.9. The lowest BCUT2D eigenvalue weighted by Crippen LogP contribution is -2.53. The largest absolute Gasteiger partial charge is 0.380 e. The Morgan fingerprint density at radius 3 is 2.36 bits per heavy atom. The first-order valence-corrected chi connectivity index (χ1v) is 25.4. The van der Waals surface area contributed by atoms with Gasteiger partial charge in [0, 0.05) is 56.1 Å².